The van der Waals surface area contributed by atoms with Gasteiger partial charge in [-0.2, -0.15) is 0 Å². The predicted octanol–water partition coefficient (Wildman–Crippen LogP) is -0.504. The van der Waals surface area contributed by atoms with Gasteiger partial charge in [0.1, 0.15) is 5.75 Å². The molecule has 4 N–H and O–H groups in total. The lowest BCUT2D eigenvalue weighted by Crippen LogP contribution is -2.37. The van der Waals surface area contributed by atoms with Gasteiger partial charge in [-0.15, -0.1) is 0 Å². The van der Waals surface area contributed by atoms with Crippen LogP contribution in [0.4, 0.5) is 0 Å². The molecular weight excluding hydrogens is 226 g/mol. The third-order valence-electron chi connectivity index (χ3n) is 2.08. The fraction of sp³-hybridized carbons (Fsp3) is 0.273. The minimum atomic E-state index is -1.60. The first kappa shape index (κ1) is 13.0. The molecule has 0 saturated carbocycles. The summed E-state index contributed by atoms with van der Waals surface area (Å²) in [4.78, 5) is 21.6. The van der Waals surface area contributed by atoms with Crippen LogP contribution in [0.2, 0.25) is 0 Å². The number of rotatable bonds is 5. The van der Waals surface area contributed by atoms with Crippen molar-refractivity contribution in [3.05, 3.63) is 29.8 Å². The number of carbonyl (C=O) groups is 2. The fourth-order valence-electron chi connectivity index (χ4n) is 1.16. The van der Waals surface area contributed by atoms with Crippen molar-refractivity contribution < 1.29 is 24.9 Å². The highest BCUT2D eigenvalue weighted by Crippen LogP contribution is 2.09. The lowest BCUT2D eigenvalue weighted by molar-refractivity contribution is -0.146. The van der Waals surface area contributed by atoms with Gasteiger partial charge in [0.05, 0.1) is 13.0 Å². The van der Waals surface area contributed by atoms with Gasteiger partial charge in [-0.1, -0.05) is 12.1 Å². The van der Waals surface area contributed by atoms with Crippen LogP contribution in [-0.2, 0) is 16.0 Å². The van der Waals surface area contributed by atoms with E-state index >= 15 is 0 Å². The molecule has 0 saturated heterocycles. The van der Waals surface area contributed by atoms with E-state index in [0.717, 1.165) is 0 Å². The second-order valence-corrected chi connectivity index (χ2v) is 3.50. The Hall–Kier alpha value is -2.08. The minimum Gasteiger partial charge on any atom is -0.508 e. The largest absolute Gasteiger partial charge is 0.508 e. The Balaban J connectivity index is 2.39. The van der Waals surface area contributed by atoms with Crippen molar-refractivity contribution in [3.63, 3.8) is 0 Å². The maximum Gasteiger partial charge on any atom is 0.334 e. The Bertz CT molecular complexity index is 401. The zero-order valence-electron chi connectivity index (χ0n) is 8.96. The third-order valence-corrected chi connectivity index (χ3v) is 2.08. The molecule has 6 heteroatoms. The van der Waals surface area contributed by atoms with E-state index in [1.54, 1.807) is 12.1 Å². The topological polar surface area (TPSA) is 107 Å². The summed E-state index contributed by atoms with van der Waals surface area (Å²) in [5.74, 6) is -1.67. The van der Waals surface area contributed by atoms with Crippen LogP contribution >= 0.6 is 0 Å². The van der Waals surface area contributed by atoms with E-state index in [-0.39, 0.29) is 18.7 Å². The second-order valence-electron chi connectivity index (χ2n) is 3.50. The Labute approximate surface area is 97.5 Å². The summed E-state index contributed by atoms with van der Waals surface area (Å²) in [5, 5.41) is 28.6. The maximum absolute atomic E-state index is 11.3. The molecule has 0 spiro atoms. The van der Waals surface area contributed by atoms with Crippen molar-refractivity contribution in [1.29, 1.82) is 0 Å². The SMILES string of the molecule is O=C(Cc1ccc(O)cc1)NCC(O)C(=O)O. The molecule has 0 aliphatic heterocycles. The summed E-state index contributed by atoms with van der Waals surface area (Å²) in [7, 11) is 0. The fourth-order valence-corrected chi connectivity index (χ4v) is 1.16. The van der Waals surface area contributed by atoms with Gasteiger partial charge in [-0.25, -0.2) is 4.79 Å². The number of aliphatic carboxylic acids is 1. The second kappa shape index (κ2) is 5.86. The van der Waals surface area contributed by atoms with Gasteiger partial charge in [0.2, 0.25) is 5.91 Å². The van der Waals surface area contributed by atoms with Crippen LogP contribution in [0.25, 0.3) is 0 Å². The van der Waals surface area contributed by atoms with Crippen molar-refractivity contribution in [2.45, 2.75) is 12.5 Å². The molecule has 1 unspecified atom stereocenters. The summed E-state index contributed by atoms with van der Waals surface area (Å²) in [5.41, 5.74) is 0.685. The van der Waals surface area contributed by atoms with Crippen LogP contribution in [-0.4, -0.2) is 39.8 Å². The normalized spacial score (nSPS) is 11.8. The summed E-state index contributed by atoms with van der Waals surface area (Å²) in [6.45, 7) is -0.327. The molecule has 0 aromatic heterocycles. The molecule has 17 heavy (non-hydrogen) atoms. The first-order chi connectivity index (χ1) is 7.99. The number of phenols is 1. The van der Waals surface area contributed by atoms with Crippen molar-refractivity contribution in [2.75, 3.05) is 6.54 Å². The van der Waals surface area contributed by atoms with Crippen LogP contribution in [0.5, 0.6) is 5.75 Å². The third kappa shape index (κ3) is 4.52. The maximum atomic E-state index is 11.3. The lowest BCUT2D eigenvalue weighted by atomic mass is 10.1. The number of amides is 1. The van der Waals surface area contributed by atoms with Crippen molar-refractivity contribution >= 4 is 11.9 Å². The first-order valence-electron chi connectivity index (χ1n) is 4.94. The standard InChI is InChI=1S/C11H13NO5/c13-8-3-1-7(2-4-8)5-10(15)12-6-9(14)11(16)17/h1-4,9,13-14H,5-6H2,(H,12,15)(H,16,17). The van der Waals surface area contributed by atoms with Gasteiger partial charge in [-0.05, 0) is 17.7 Å². The number of aromatic hydroxyl groups is 1. The number of hydrogen-bond donors (Lipinski definition) is 4. The minimum absolute atomic E-state index is 0.0621. The van der Waals surface area contributed by atoms with Crippen LogP contribution in [0, 0.1) is 0 Å². The van der Waals surface area contributed by atoms with Gasteiger partial charge in [-0.3, -0.25) is 4.79 Å². The van der Waals surface area contributed by atoms with Crippen molar-refractivity contribution in [1.82, 2.24) is 5.32 Å². The van der Waals surface area contributed by atoms with E-state index < -0.39 is 18.0 Å². The van der Waals surface area contributed by atoms with Gasteiger partial charge in [0.15, 0.2) is 6.10 Å². The molecule has 0 radical (unpaired) electrons. The predicted molar refractivity (Wildman–Crippen MR) is 58.5 cm³/mol. The van der Waals surface area contributed by atoms with Crippen molar-refractivity contribution in [3.8, 4) is 5.75 Å². The number of aliphatic hydroxyl groups is 1. The molecule has 0 aliphatic rings. The van der Waals surface area contributed by atoms with E-state index in [1.165, 1.54) is 12.1 Å². The smallest absolute Gasteiger partial charge is 0.334 e. The van der Waals surface area contributed by atoms with E-state index in [2.05, 4.69) is 5.32 Å². The molecule has 0 heterocycles. The van der Waals surface area contributed by atoms with Gasteiger partial charge in [0, 0.05) is 0 Å². The van der Waals surface area contributed by atoms with Gasteiger partial charge < -0.3 is 20.6 Å². The summed E-state index contributed by atoms with van der Waals surface area (Å²) >= 11 is 0. The Kier molecular flexibility index (Phi) is 4.47. The Morgan fingerprint density at radius 1 is 1.24 bits per heavy atom. The van der Waals surface area contributed by atoms with Gasteiger partial charge >= 0.3 is 5.97 Å². The zero-order chi connectivity index (χ0) is 12.8. The van der Waals surface area contributed by atoms with E-state index in [1.807, 2.05) is 0 Å². The van der Waals surface area contributed by atoms with Crippen molar-refractivity contribution in [2.24, 2.45) is 0 Å². The molecule has 92 valence electrons. The molecular formula is C11H13NO5. The molecule has 0 bridgehead atoms. The zero-order valence-corrected chi connectivity index (χ0v) is 8.96. The number of hydrogen-bond acceptors (Lipinski definition) is 4. The van der Waals surface area contributed by atoms with Crippen LogP contribution < -0.4 is 5.32 Å². The molecule has 1 aromatic carbocycles. The Morgan fingerprint density at radius 2 is 1.82 bits per heavy atom. The highest BCUT2D eigenvalue weighted by Gasteiger charge is 2.14. The monoisotopic (exact) mass is 239 g/mol. The molecule has 1 aromatic rings. The molecule has 1 amide bonds. The first-order valence-corrected chi connectivity index (χ1v) is 4.94. The van der Waals surface area contributed by atoms with E-state index in [9.17, 15) is 9.59 Å². The lowest BCUT2D eigenvalue weighted by Gasteiger charge is -2.07. The number of nitrogens with one attached hydrogen (secondary N) is 1. The van der Waals surface area contributed by atoms with Crippen LogP contribution in [0.1, 0.15) is 5.56 Å². The number of aliphatic hydroxyl groups excluding tert-OH is 1. The summed E-state index contributed by atoms with van der Waals surface area (Å²) < 4.78 is 0. The summed E-state index contributed by atoms with van der Waals surface area (Å²) in [6, 6.07) is 6.08. The number of carboxylic acid groups (broad SMARTS) is 1. The quantitative estimate of drug-likeness (QED) is 0.554. The molecule has 1 rings (SSSR count). The molecule has 1 atom stereocenters. The highest BCUT2D eigenvalue weighted by molar-refractivity contribution is 5.80. The number of carboxylic acids is 1. The van der Waals surface area contributed by atoms with E-state index in [4.69, 9.17) is 15.3 Å². The van der Waals surface area contributed by atoms with Crippen LogP contribution in [0.3, 0.4) is 0 Å². The molecule has 0 fully saturated rings. The van der Waals surface area contributed by atoms with E-state index in [0.29, 0.717) is 5.56 Å². The van der Waals surface area contributed by atoms with Gasteiger partial charge in [0.25, 0.3) is 0 Å². The number of carbonyl (C=O) groups excluding carboxylic acids is 1. The molecule has 0 aliphatic carbocycles. The highest BCUT2D eigenvalue weighted by atomic mass is 16.4. The Morgan fingerprint density at radius 3 is 2.35 bits per heavy atom. The molecule has 6 nitrogen and oxygen atoms in total. The average molecular weight is 239 g/mol. The van der Waals surface area contributed by atoms with Crippen LogP contribution in [0.15, 0.2) is 24.3 Å². The number of phenolic OH excluding ortho intramolecular Hbond substituents is 1. The number of benzene rings is 1. The average Bonchev–Trinajstić information content (AvgIpc) is 2.29. The summed E-state index contributed by atoms with van der Waals surface area (Å²) in [6.07, 6.45) is -1.54.